The molecule has 0 aromatic rings. The van der Waals surface area contributed by atoms with Crippen LogP contribution in [0, 0.1) is 0 Å². The lowest BCUT2D eigenvalue weighted by Crippen LogP contribution is -2.19. The van der Waals surface area contributed by atoms with Crippen molar-refractivity contribution >= 4 is 0 Å². The topological polar surface area (TPSA) is 26.0 Å². The van der Waals surface area contributed by atoms with Gasteiger partial charge in [0.05, 0.1) is 0 Å². The van der Waals surface area contributed by atoms with E-state index in [1.165, 1.54) is 96.3 Å². The lowest BCUT2D eigenvalue weighted by atomic mass is 10.0. The zero-order chi connectivity index (χ0) is 17.7. The predicted molar refractivity (Wildman–Crippen MR) is 111 cm³/mol. The van der Waals surface area contributed by atoms with Gasteiger partial charge in [0, 0.05) is 6.04 Å². The summed E-state index contributed by atoms with van der Waals surface area (Å²) in [7, 11) is 0. The normalized spacial score (nSPS) is 13.3. The maximum atomic E-state index is 6.15. The number of hydrogen-bond acceptors (Lipinski definition) is 1. The van der Waals surface area contributed by atoms with Gasteiger partial charge in [0.15, 0.2) is 0 Å². The molecule has 24 heavy (non-hydrogen) atoms. The maximum absolute atomic E-state index is 6.15. The van der Waals surface area contributed by atoms with E-state index in [2.05, 4.69) is 38.2 Å². The Morgan fingerprint density at radius 3 is 1.67 bits per heavy atom. The quantitative estimate of drug-likeness (QED) is 0.201. The van der Waals surface area contributed by atoms with Crippen LogP contribution >= 0.6 is 0 Å². The fourth-order valence-electron chi connectivity index (χ4n) is 3.02. The van der Waals surface area contributed by atoms with Gasteiger partial charge in [0.1, 0.15) is 0 Å². The first-order valence-electron chi connectivity index (χ1n) is 10.9. The van der Waals surface area contributed by atoms with Crippen molar-refractivity contribution in [3.63, 3.8) is 0 Å². The molecule has 0 saturated heterocycles. The average molecular weight is 336 g/mol. The Labute approximate surface area is 153 Å². The second kappa shape index (κ2) is 20.5. The second-order valence-corrected chi connectivity index (χ2v) is 7.28. The van der Waals surface area contributed by atoms with E-state index in [9.17, 15) is 0 Å². The first kappa shape index (κ1) is 23.4. The van der Waals surface area contributed by atoms with E-state index in [-0.39, 0.29) is 0 Å². The van der Waals surface area contributed by atoms with E-state index >= 15 is 0 Å². The second-order valence-electron chi connectivity index (χ2n) is 7.28. The standard InChI is InChI=1S/C23H45N/c1-3-5-7-8-9-10-11-12-13-14-15-16-17-18-20-22-23(24)21-19-6-4-2/h9-10,12-13,23H,3-8,11,14-22,24H2,1-2H3. The molecule has 0 bridgehead atoms. The zero-order valence-corrected chi connectivity index (χ0v) is 16.8. The van der Waals surface area contributed by atoms with Crippen LogP contribution in [0.4, 0.5) is 0 Å². The number of unbranched alkanes of at least 4 members (excludes halogenated alkanes) is 10. The summed E-state index contributed by atoms with van der Waals surface area (Å²) in [6.07, 6.45) is 30.2. The largest absolute Gasteiger partial charge is 0.328 e. The summed E-state index contributed by atoms with van der Waals surface area (Å²) < 4.78 is 0. The summed E-state index contributed by atoms with van der Waals surface area (Å²) in [6, 6.07) is 0.453. The third-order valence-corrected chi connectivity index (χ3v) is 4.70. The SMILES string of the molecule is CCCCCC=CCC=CCCCCCCCC(N)CCCCC. The Morgan fingerprint density at radius 1 is 0.583 bits per heavy atom. The van der Waals surface area contributed by atoms with Crippen LogP contribution in [-0.4, -0.2) is 6.04 Å². The molecule has 0 heterocycles. The lowest BCUT2D eigenvalue weighted by molar-refractivity contribution is 0.493. The van der Waals surface area contributed by atoms with Gasteiger partial charge in [-0.2, -0.15) is 0 Å². The van der Waals surface area contributed by atoms with Crippen LogP contribution in [0.5, 0.6) is 0 Å². The van der Waals surface area contributed by atoms with Crippen LogP contribution in [0.2, 0.25) is 0 Å². The molecule has 0 aromatic carbocycles. The molecule has 0 aliphatic rings. The Bertz CT molecular complexity index is 280. The predicted octanol–water partition coefficient (Wildman–Crippen LogP) is 7.71. The first-order chi connectivity index (χ1) is 11.8. The maximum Gasteiger partial charge on any atom is 0.00388 e. The number of rotatable bonds is 18. The summed E-state index contributed by atoms with van der Waals surface area (Å²) in [5, 5.41) is 0. The highest BCUT2D eigenvalue weighted by Crippen LogP contribution is 2.11. The zero-order valence-electron chi connectivity index (χ0n) is 16.8. The summed E-state index contributed by atoms with van der Waals surface area (Å²) in [5.41, 5.74) is 6.15. The Morgan fingerprint density at radius 2 is 1.04 bits per heavy atom. The fourth-order valence-corrected chi connectivity index (χ4v) is 3.02. The van der Waals surface area contributed by atoms with Crippen LogP contribution in [0.25, 0.3) is 0 Å². The number of hydrogen-bond donors (Lipinski definition) is 1. The minimum Gasteiger partial charge on any atom is -0.328 e. The smallest absolute Gasteiger partial charge is 0.00388 e. The van der Waals surface area contributed by atoms with Crippen LogP contribution in [-0.2, 0) is 0 Å². The lowest BCUT2D eigenvalue weighted by Gasteiger charge is -2.10. The Kier molecular flexibility index (Phi) is 20.0. The minimum absolute atomic E-state index is 0.453. The molecule has 0 aliphatic heterocycles. The van der Waals surface area contributed by atoms with Crippen molar-refractivity contribution < 1.29 is 0 Å². The van der Waals surface area contributed by atoms with Gasteiger partial charge in [-0.3, -0.25) is 0 Å². The molecule has 2 N–H and O–H groups in total. The van der Waals surface area contributed by atoms with E-state index in [0.717, 1.165) is 6.42 Å². The average Bonchev–Trinajstić information content (AvgIpc) is 2.58. The molecule has 1 atom stereocenters. The van der Waals surface area contributed by atoms with Gasteiger partial charge >= 0.3 is 0 Å². The first-order valence-corrected chi connectivity index (χ1v) is 10.9. The molecule has 0 rings (SSSR count). The molecule has 0 spiro atoms. The van der Waals surface area contributed by atoms with Gasteiger partial charge in [-0.25, -0.2) is 0 Å². The number of allylic oxidation sites excluding steroid dienone is 4. The molecule has 142 valence electrons. The van der Waals surface area contributed by atoms with Gasteiger partial charge in [-0.1, -0.05) is 95.9 Å². The molecule has 0 aromatic heterocycles. The van der Waals surface area contributed by atoms with Crippen LogP contribution in [0.15, 0.2) is 24.3 Å². The van der Waals surface area contributed by atoms with E-state index in [1.807, 2.05) is 0 Å². The monoisotopic (exact) mass is 335 g/mol. The molecule has 0 aliphatic carbocycles. The van der Waals surface area contributed by atoms with Crippen LogP contribution < -0.4 is 5.73 Å². The Hall–Kier alpha value is -0.560. The van der Waals surface area contributed by atoms with E-state index in [1.54, 1.807) is 0 Å². The van der Waals surface area contributed by atoms with E-state index in [0.29, 0.717) is 6.04 Å². The van der Waals surface area contributed by atoms with Gasteiger partial charge in [0.25, 0.3) is 0 Å². The molecular formula is C23H45N. The van der Waals surface area contributed by atoms with Crippen molar-refractivity contribution in [3.8, 4) is 0 Å². The molecule has 0 radical (unpaired) electrons. The minimum atomic E-state index is 0.453. The van der Waals surface area contributed by atoms with Crippen molar-refractivity contribution in [1.82, 2.24) is 0 Å². The van der Waals surface area contributed by atoms with Gasteiger partial charge in [0.2, 0.25) is 0 Å². The van der Waals surface area contributed by atoms with Crippen molar-refractivity contribution in [2.45, 2.75) is 123 Å². The molecular weight excluding hydrogens is 290 g/mol. The third kappa shape index (κ3) is 19.5. The summed E-state index contributed by atoms with van der Waals surface area (Å²) >= 11 is 0. The fraction of sp³-hybridized carbons (Fsp3) is 0.826. The van der Waals surface area contributed by atoms with Gasteiger partial charge < -0.3 is 5.73 Å². The molecule has 0 amide bonds. The number of nitrogens with two attached hydrogens (primary N) is 1. The van der Waals surface area contributed by atoms with Crippen LogP contribution in [0.1, 0.15) is 117 Å². The van der Waals surface area contributed by atoms with Crippen molar-refractivity contribution in [2.75, 3.05) is 0 Å². The highest BCUT2D eigenvalue weighted by Gasteiger charge is 2.01. The summed E-state index contributed by atoms with van der Waals surface area (Å²) in [4.78, 5) is 0. The molecule has 0 fully saturated rings. The van der Waals surface area contributed by atoms with Crippen LogP contribution in [0.3, 0.4) is 0 Å². The van der Waals surface area contributed by atoms with Gasteiger partial charge in [-0.05, 0) is 44.9 Å². The third-order valence-electron chi connectivity index (χ3n) is 4.70. The summed E-state index contributed by atoms with van der Waals surface area (Å²) in [6.45, 7) is 4.52. The van der Waals surface area contributed by atoms with Crippen molar-refractivity contribution in [1.29, 1.82) is 0 Å². The highest BCUT2D eigenvalue weighted by molar-refractivity contribution is 4.92. The highest BCUT2D eigenvalue weighted by atomic mass is 14.6. The van der Waals surface area contributed by atoms with Gasteiger partial charge in [-0.15, -0.1) is 0 Å². The molecule has 1 nitrogen and oxygen atoms in total. The molecule has 1 unspecified atom stereocenters. The van der Waals surface area contributed by atoms with E-state index < -0.39 is 0 Å². The molecule has 1 heteroatoms. The van der Waals surface area contributed by atoms with Crippen molar-refractivity contribution in [3.05, 3.63) is 24.3 Å². The summed E-state index contributed by atoms with van der Waals surface area (Å²) in [5.74, 6) is 0. The Balaban J connectivity index is 3.23. The molecule has 0 saturated carbocycles. The van der Waals surface area contributed by atoms with E-state index in [4.69, 9.17) is 5.73 Å². The van der Waals surface area contributed by atoms with Crippen molar-refractivity contribution in [2.24, 2.45) is 5.73 Å².